The number of hydrogen-bond donors (Lipinski definition) is 2. The molecule has 0 spiro atoms. The molecule has 74 valence electrons. The lowest BCUT2D eigenvalue weighted by molar-refractivity contribution is 0.973. The van der Waals surface area contributed by atoms with Crippen molar-refractivity contribution < 1.29 is 0 Å². The number of nitrogens with one attached hydrogen (secondary N) is 1. The van der Waals surface area contributed by atoms with Gasteiger partial charge < -0.3 is 16.0 Å². The maximum absolute atomic E-state index is 5.59. The minimum absolute atomic E-state index is 0.571. The number of anilines is 1. The minimum atomic E-state index is 0.571. The molecule has 0 atom stereocenters. The van der Waals surface area contributed by atoms with E-state index < -0.39 is 0 Å². The van der Waals surface area contributed by atoms with E-state index in [1.807, 2.05) is 12.1 Å². The summed E-state index contributed by atoms with van der Waals surface area (Å²) in [6.45, 7) is 2.43. The summed E-state index contributed by atoms with van der Waals surface area (Å²) < 4.78 is 0. The van der Waals surface area contributed by atoms with Crippen molar-refractivity contribution in [2.24, 2.45) is 5.73 Å². The monoisotopic (exact) mass is 207 g/mol. The van der Waals surface area contributed by atoms with Gasteiger partial charge in [0.2, 0.25) is 0 Å². The highest BCUT2D eigenvalue weighted by atomic mass is 32.1. The van der Waals surface area contributed by atoms with E-state index >= 15 is 0 Å². The SMILES string of the molecule is NCc1cccc(N2CCNC2=S)c1. The van der Waals surface area contributed by atoms with Gasteiger partial charge in [0.25, 0.3) is 0 Å². The Balaban J connectivity index is 2.26. The highest BCUT2D eigenvalue weighted by Gasteiger charge is 2.17. The summed E-state index contributed by atoms with van der Waals surface area (Å²) in [6, 6.07) is 8.17. The largest absolute Gasteiger partial charge is 0.360 e. The van der Waals surface area contributed by atoms with Gasteiger partial charge in [0.1, 0.15) is 0 Å². The van der Waals surface area contributed by atoms with E-state index in [1.54, 1.807) is 0 Å². The van der Waals surface area contributed by atoms with E-state index in [4.69, 9.17) is 18.0 Å². The zero-order valence-corrected chi connectivity index (χ0v) is 8.68. The average Bonchev–Trinajstić information content (AvgIpc) is 2.65. The third-order valence-electron chi connectivity index (χ3n) is 2.31. The van der Waals surface area contributed by atoms with Crippen molar-refractivity contribution in [3.63, 3.8) is 0 Å². The van der Waals surface area contributed by atoms with Crippen LogP contribution in [0.1, 0.15) is 5.56 Å². The van der Waals surface area contributed by atoms with Crippen molar-refractivity contribution >= 4 is 23.0 Å². The molecule has 3 nitrogen and oxygen atoms in total. The van der Waals surface area contributed by atoms with Crippen LogP contribution >= 0.6 is 12.2 Å². The summed E-state index contributed by atoms with van der Waals surface area (Å²) in [4.78, 5) is 2.09. The van der Waals surface area contributed by atoms with Crippen LogP contribution in [-0.4, -0.2) is 18.2 Å². The predicted molar refractivity (Wildman–Crippen MR) is 62.3 cm³/mol. The summed E-state index contributed by atoms with van der Waals surface area (Å²) in [5, 5.41) is 3.94. The summed E-state index contributed by atoms with van der Waals surface area (Å²) in [7, 11) is 0. The van der Waals surface area contributed by atoms with Gasteiger partial charge in [-0.2, -0.15) is 0 Å². The van der Waals surface area contributed by atoms with E-state index in [2.05, 4.69) is 22.3 Å². The highest BCUT2D eigenvalue weighted by Crippen LogP contribution is 2.17. The Labute approximate surface area is 88.9 Å². The van der Waals surface area contributed by atoms with Crippen LogP contribution in [-0.2, 0) is 6.54 Å². The van der Waals surface area contributed by atoms with Gasteiger partial charge in [-0.15, -0.1) is 0 Å². The molecule has 1 aliphatic rings. The van der Waals surface area contributed by atoms with E-state index in [1.165, 1.54) is 0 Å². The van der Waals surface area contributed by atoms with Gasteiger partial charge in [-0.25, -0.2) is 0 Å². The van der Waals surface area contributed by atoms with Crippen molar-refractivity contribution in [3.8, 4) is 0 Å². The molecule has 3 N–H and O–H groups in total. The standard InChI is InChI=1S/C10H13N3S/c11-7-8-2-1-3-9(6-8)13-5-4-12-10(13)14/h1-3,6H,4-5,7,11H2,(H,12,14). The van der Waals surface area contributed by atoms with Gasteiger partial charge in [0, 0.05) is 25.3 Å². The average molecular weight is 207 g/mol. The topological polar surface area (TPSA) is 41.3 Å². The Bertz CT molecular complexity index is 351. The molecule has 0 saturated carbocycles. The van der Waals surface area contributed by atoms with Crippen molar-refractivity contribution in [1.29, 1.82) is 0 Å². The molecule has 0 aromatic heterocycles. The normalized spacial score (nSPS) is 15.8. The molecule has 1 aliphatic heterocycles. The second-order valence-corrected chi connectivity index (χ2v) is 3.64. The Morgan fingerprint density at radius 1 is 1.50 bits per heavy atom. The molecule has 1 fully saturated rings. The van der Waals surface area contributed by atoms with E-state index in [-0.39, 0.29) is 0 Å². The van der Waals surface area contributed by atoms with Crippen molar-refractivity contribution in [3.05, 3.63) is 29.8 Å². The Hall–Kier alpha value is -1.13. The number of benzene rings is 1. The van der Waals surface area contributed by atoms with Gasteiger partial charge >= 0.3 is 0 Å². The van der Waals surface area contributed by atoms with Gasteiger partial charge in [-0.1, -0.05) is 12.1 Å². The van der Waals surface area contributed by atoms with Crippen LogP contribution in [0.4, 0.5) is 5.69 Å². The lowest BCUT2D eigenvalue weighted by Gasteiger charge is -2.17. The number of nitrogens with two attached hydrogens (primary N) is 1. The van der Waals surface area contributed by atoms with Crippen LogP contribution < -0.4 is 16.0 Å². The first-order valence-electron chi connectivity index (χ1n) is 4.65. The van der Waals surface area contributed by atoms with Gasteiger partial charge in [-0.3, -0.25) is 0 Å². The van der Waals surface area contributed by atoms with Crippen LogP contribution in [0, 0.1) is 0 Å². The third kappa shape index (κ3) is 1.71. The molecule has 4 heteroatoms. The lowest BCUT2D eigenvalue weighted by atomic mass is 10.2. The molecule has 0 radical (unpaired) electrons. The number of rotatable bonds is 2. The molecular weight excluding hydrogens is 194 g/mol. The van der Waals surface area contributed by atoms with Gasteiger partial charge in [-0.05, 0) is 29.9 Å². The second-order valence-electron chi connectivity index (χ2n) is 3.26. The zero-order valence-electron chi connectivity index (χ0n) is 7.86. The second kappa shape index (κ2) is 3.94. The van der Waals surface area contributed by atoms with Crippen LogP contribution in [0.3, 0.4) is 0 Å². The third-order valence-corrected chi connectivity index (χ3v) is 2.68. The van der Waals surface area contributed by atoms with Crippen LogP contribution in [0.2, 0.25) is 0 Å². The fourth-order valence-electron chi connectivity index (χ4n) is 1.57. The summed E-state index contributed by atoms with van der Waals surface area (Å²) in [5.41, 5.74) is 7.85. The maximum Gasteiger partial charge on any atom is 0.173 e. The number of thiocarbonyl (C=S) groups is 1. The lowest BCUT2D eigenvalue weighted by Crippen LogP contribution is -2.27. The summed E-state index contributed by atoms with van der Waals surface area (Å²) in [5.74, 6) is 0. The number of hydrogen-bond acceptors (Lipinski definition) is 2. The molecule has 2 rings (SSSR count). The summed E-state index contributed by atoms with van der Waals surface area (Å²) in [6.07, 6.45) is 0. The highest BCUT2D eigenvalue weighted by molar-refractivity contribution is 7.80. The van der Waals surface area contributed by atoms with Crippen molar-refractivity contribution in [2.75, 3.05) is 18.0 Å². The van der Waals surface area contributed by atoms with Crippen LogP contribution in [0.15, 0.2) is 24.3 Å². The Morgan fingerprint density at radius 2 is 2.36 bits per heavy atom. The van der Waals surface area contributed by atoms with Crippen molar-refractivity contribution in [1.82, 2.24) is 5.32 Å². The molecular formula is C10H13N3S. The molecule has 1 aromatic rings. The fraction of sp³-hybridized carbons (Fsp3) is 0.300. The fourth-order valence-corrected chi connectivity index (χ4v) is 1.87. The molecule has 0 aliphatic carbocycles. The van der Waals surface area contributed by atoms with Crippen molar-refractivity contribution in [2.45, 2.75) is 6.54 Å². The van der Waals surface area contributed by atoms with Crippen LogP contribution in [0.25, 0.3) is 0 Å². The molecule has 0 unspecified atom stereocenters. The molecule has 1 aromatic carbocycles. The molecule has 0 amide bonds. The minimum Gasteiger partial charge on any atom is -0.360 e. The first-order chi connectivity index (χ1) is 6.81. The predicted octanol–water partition coefficient (Wildman–Crippen LogP) is 0.840. The maximum atomic E-state index is 5.59. The van der Waals surface area contributed by atoms with Crippen LogP contribution in [0.5, 0.6) is 0 Å². The smallest absolute Gasteiger partial charge is 0.173 e. The molecule has 1 saturated heterocycles. The van der Waals surface area contributed by atoms with E-state index in [9.17, 15) is 0 Å². The zero-order chi connectivity index (χ0) is 9.97. The molecule has 1 heterocycles. The van der Waals surface area contributed by atoms with E-state index in [0.717, 1.165) is 29.5 Å². The van der Waals surface area contributed by atoms with Gasteiger partial charge in [0.15, 0.2) is 5.11 Å². The first-order valence-corrected chi connectivity index (χ1v) is 5.06. The molecule has 0 bridgehead atoms. The van der Waals surface area contributed by atoms with E-state index in [0.29, 0.717) is 6.54 Å². The number of nitrogens with zero attached hydrogens (tertiary/aromatic N) is 1. The quantitative estimate of drug-likeness (QED) is 0.705. The Kier molecular flexibility index (Phi) is 2.65. The molecule has 14 heavy (non-hydrogen) atoms. The van der Waals surface area contributed by atoms with Gasteiger partial charge in [0.05, 0.1) is 0 Å². The Morgan fingerprint density at radius 3 is 3.00 bits per heavy atom. The summed E-state index contributed by atoms with van der Waals surface area (Å²) >= 11 is 5.19. The first kappa shape index (κ1) is 9.43.